The van der Waals surface area contributed by atoms with Gasteiger partial charge in [0.25, 0.3) is 0 Å². The SMILES string of the molecule is CN1C(=S)N[C@H](c2ccccn2)[C@@H]1c1cccn1-c1ccc(Br)cc1. The average Bonchev–Trinajstić information content (AvgIpc) is 3.22. The van der Waals surface area contributed by atoms with Crippen LogP contribution in [0.15, 0.2) is 71.5 Å². The van der Waals surface area contributed by atoms with Crippen molar-refractivity contribution in [2.75, 3.05) is 7.05 Å². The van der Waals surface area contributed by atoms with Gasteiger partial charge in [-0.1, -0.05) is 22.0 Å². The van der Waals surface area contributed by atoms with E-state index in [4.69, 9.17) is 12.2 Å². The van der Waals surface area contributed by atoms with Crippen molar-refractivity contribution in [2.24, 2.45) is 0 Å². The molecule has 0 saturated carbocycles. The van der Waals surface area contributed by atoms with E-state index in [1.165, 1.54) is 5.69 Å². The zero-order chi connectivity index (χ0) is 17.4. The van der Waals surface area contributed by atoms with Gasteiger partial charge in [0.15, 0.2) is 5.11 Å². The van der Waals surface area contributed by atoms with Crippen molar-refractivity contribution < 1.29 is 0 Å². The summed E-state index contributed by atoms with van der Waals surface area (Å²) in [5.41, 5.74) is 3.28. The molecule has 0 amide bonds. The second kappa shape index (κ2) is 6.61. The predicted molar refractivity (Wildman–Crippen MR) is 107 cm³/mol. The predicted octanol–water partition coefficient (Wildman–Crippen LogP) is 4.24. The smallest absolute Gasteiger partial charge is 0.169 e. The third-order valence-corrected chi connectivity index (χ3v) is 5.46. The first-order valence-electron chi connectivity index (χ1n) is 8.02. The number of halogens is 1. The highest BCUT2D eigenvalue weighted by Crippen LogP contribution is 2.38. The van der Waals surface area contributed by atoms with E-state index in [2.05, 4.69) is 78.3 Å². The number of thiocarbonyl (C=S) groups is 1. The Morgan fingerprint density at radius 2 is 1.88 bits per heavy atom. The second-order valence-electron chi connectivity index (χ2n) is 6.02. The molecule has 4 nitrogen and oxygen atoms in total. The fourth-order valence-electron chi connectivity index (χ4n) is 3.30. The highest BCUT2D eigenvalue weighted by Gasteiger charge is 2.39. The van der Waals surface area contributed by atoms with Gasteiger partial charge in [-0.25, -0.2) is 0 Å². The average molecular weight is 413 g/mol. The first-order chi connectivity index (χ1) is 12.1. The van der Waals surface area contributed by atoms with E-state index in [9.17, 15) is 0 Å². The Balaban J connectivity index is 1.78. The van der Waals surface area contributed by atoms with E-state index in [0.29, 0.717) is 0 Å². The zero-order valence-electron chi connectivity index (χ0n) is 13.6. The molecule has 2 aromatic heterocycles. The monoisotopic (exact) mass is 412 g/mol. The van der Waals surface area contributed by atoms with E-state index in [1.54, 1.807) is 0 Å². The van der Waals surface area contributed by atoms with Crippen molar-refractivity contribution in [2.45, 2.75) is 12.1 Å². The van der Waals surface area contributed by atoms with Gasteiger partial charge >= 0.3 is 0 Å². The van der Waals surface area contributed by atoms with Crippen LogP contribution in [-0.4, -0.2) is 26.6 Å². The molecule has 25 heavy (non-hydrogen) atoms. The minimum atomic E-state index is 0.0165. The second-order valence-corrected chi connectivity index (χ2v) is 7.32. The molecule has 1 aromatic carbocycles. The summed E-state index contributed by atoms with van der Waals surface area (Å²) in [5.74, 6) is 0. The fourth-order valence-corrected chi connectivity index (χ4v) is 3.81. The van der Waals surface area contributed by atoms with Crippen LogP contribution < -0.4 is 5.32 Å². The largest absolute Gasteiger partial charge is 0.352 e. The molecular formula is C19H17BrN4S. The number of hydrogen-bond donors (Lipinski definition) is 1. The van der Waals surface area contributed by atoms with Gasteiger partial charge in [-0.15, -0.1) is 0 Å². The summed E-state index contributed by atoms with van der Waals surface area (Å²) in [4.78, 5) is 6.65. The van der Waals surface area contributed by atoms with Crippen molar-refractivity contribution >= 4 is 33.3 Å². The molecule has 3 aromatic rings. The van der Waals surface area contributed by atoms with Gasteiger partial charge in [0.1, 0.15) is 0 Å². The lowest BCUT2D eigenvalue weighted by atomic mass is 10.0. The van der Waals surface area contributed by atoms with Gasteiger partial charge in [0.05, 0.1) is 17.8 Å². The van der Waals surface area contributed by atoms with Crippen LogP contribution in [0.4, 0.5) is 0 Å². The number of aromatic nitrogens is 2. The minimum Gasteiger partial charge on any atom is -0.352 e. The first kappa shape index (κ1) is 16.3. The number of rotatable bonds is 3. The van der Waals surface area contributed by atoms with Gasteiger partial charge in [-0.3, -0.25) is 4.98 Å². The van der Waals surface area contributed by atoms with Crippen LogP contribution in [0.5, 0.6) is 0 Å². The molecule has 2 atom stereocenters. The number of pyridine rings is 1. The van der Waals surface area contributed by atoms with Crippen LogP contribution in [-0.2, 0) is 0 Å². The summed E-state index contributed by atoms with van der Waals surface area (Å²) >= 11 is 9.02. The van der Waals surface area contributed by atoms with Crippen LogP contribution in [0.1, 0.15) is 23.5 Å². The van der Waals surface area contributed by atoms with Crippen molar-refractivity contribution in [3.8, 4) is 5.69 Å². The molecule has 1 fully saturated rings. The number of nitrogens with zero attached hydrogens (tertiary/aromatic N) is 3. The van der Waals surface area contributed by atoms with Crippen LogP contribution in [0.25, 0.3) is 5.69 Å². The van der Waals surface area contributed by atoms with Gasteiger partial charge in [-0.05, 0) is 60.7 Å². The standard InChI is InChI=1S/C19H17BrN4S/c1-23-18(17(22-19(23)25)15-5-2-3-11-21-15)16-6-4-12-24(16)14-9-7-13(20)8-10-14/h2-12,17-18H,1H3,(H,22,25)/t17-,18+/m1/s1. The van der Waals surface area contributed by atoms with E-state index in [-0.39, 0.29) is 12.1 Å². The molecule has 0 unspecified atom stereocenters. The minimum absolute atomic E-state index is 0.0165. The summed E-state index contributed by atoms with van der Waals surface area (Å²) < 4.78 is 3.27. The summed E-state index contributed by atoms with van der Waals surface area (Å²) in [6.45, 7) is 0. The lowest BCUT2D eigenvalue weighted by Crippen LogP contribution is -2.25. The Hall–Kier alpha value is -2.18. The Kier molecular flexibility index (Phi) is 4.31. The molecule has 1 aliphatic rings. The Labute approximate surface area is 160 Å². The molecule has 0 aliphatic carbocycles. The maximum atomic E-state index is 5.52. The molecule has 1 saturated heterocycles. The fraction of sp³-hybridized carbons (Fsp3) is 0.158. The third kappa shape index (κ3) is 2.96. The Morgan fingerprint density at radius 3 is 2.60 bits per heavy atom. The molecule has 0 bridgehead atoms. The van der Waals surface area contributed by atoms with Gasteiger partial charge in [0, 0.05) is 35.3 Å². The number of benzene rings is 1. The van der Waals surface area contributed by atoms with Crippen LogP contribution in [0, 0.1) is 0 Å². The van der Waals surface area contributed by atoms with Crippen LogP contribution in [0.3, 0.4) is 0 Å². The summed E-state index contributed by atoms with van der Waals surface area (Å²) in [6.07, 6.45) is 3.91. The van der Waals surface area contributed by atoms with Crippen molar-refractivity contribution in [1.82, 2.24) is 19.8 Å². The maximum Gasteiger partial charge on any atom is 0.169 e. The van der Waals surface area contributed by atoms with E-state index in [0.717, 1.165) is 21.0 Å². The quantitative estimate of drug-likeness (QED) is 0.652. The normalized spacial score (nSPS) is 19.9. The van der Waals surface area contributed by atoms with Gasteiger partial charge in [0.2, 0.25) is 0 Å². The molecule has 1 aliphatic heterocycles. The molecule has 0 spiro atoms. The topological polar surface area (TPSA) is 33.1 Å². The first-order valence-corrected chi connectivity index (χ1v) is 9.23. The van der Waals surface area contributed by atoms with Crippen molar-refractivity contribution in [1.29, 1.82) is 0 Å². The molecule has 4 rings (SSSR count). The van der Waals surface area contributed by atoms with Crippen molar-refractivity contribution in [3.05, 3.63) is 82.9 Å². The Bertz CT molecular complexity index is 891. The summed E-state index contributed by atoms with van der Waals surface area (Å²) in [7, 11) is 2.03. The van der Waals surface area contributed by atoms with Gasteiger partial charge < -0.3 is 14.8 Å². The molecule has 126 valence electrons. The summed E-state index contributed by atoms with van der Waals surface area (Å²) in [5, 5.41) is 4.16. The van der Waals surface area contributed by atoms with Crippen LogP contribution in [0.2, 0.25) is 0 Å². The van der Waals surface area contributed by atoms with Gasteiger partial charge in [-0.2, -0.15) is 0 Å². The molecular weight excluding hydrogens is 396 g/mol. The zero-order valence-corrected chi connectivity index (χ0v) is 16.0. The van der Waals surface area contributed by atoms with Crippen molar-refractivity contribution in [3.63, 3.8) is 0 Å². The number of likely N-dealkylation sites (N-methyl/N-ethyl adjacent to an activating group) is 1. The molecule has 3 heterocycles. The van der Waals surface area contributed by atoms with E-state index in [1.807, 2.05) is 31.4 Å². The highest BCUT2D eigenvalue weighted by molar-refractivity contribution is 9.10. The summed E-state index contributed by atoms with van der Waals surface area (Å²) in [6, 6.07) is 18.6. The molecule has 0 radical (unpaired) electrons. The third-order valence-electron chi connectivity index (χ3n) is 4.53. The van der Waals surface area contributed by atoms with Crippen LogP contribution >= 0.6 is 28.1 Å². The number of hydrogen-bond acceptors (Lipinski definition) is 2. The van der Waals surface area contributed by atoms with E-state index < -0.39 is 0 Å². The highest BCUT2D eigenvalue weighted by atomic mass is 79.9. The lowest BCUT2D eigenvalue weighted by molar-refractivity contribution is 0.357. The molecule has 1 N–H and O–H groups in total. The lowest BCUT2D eigenvalue weighted by Gasteiger charge is -2.25. The maximum absolute atomic E-state index is 5.52. The number of nitrogens with one attached hydrogen (secondary N) is 1. The van der Waals surface area contributed by atoms with E-state index >= 15 is 0 Å². The Morgan fingerprint density at radius 1 is 1.08 bits per heavy atom. The molecule has 6 heteroatoms.